The molecule has 2 aromatic carbocycles. The maximum atomic E-state index is 12.8. The van der Waals surface area contributed by atoms with Crippen LogP contribution in [0.25, 0.3) is 11.3 Å². The van der Waals surface area contributed by atoms with Gasteiger partial charge in [-0.3, -0.25) is 9.89 Å². The van der Waals surface area contributed by atoms with Crippen molar-refractivity contribution >= 4 is 11.7 Å². The number of anilines is 1. The molecule has 1 aliphatic rings. The van der Waals surface area contributed by atoms with Gasteiger partial charge in [-0.1, -0.05) is 30.3 Å². The molecule has 0 bridgehead atoms. The predicted octanol–water partition coefficient (Wildman–Crippen LogP) is 3.49. The fourth-order valence-corrected chi connectivity index (χ4v) is 3.79. The van der Waals surface area contributed by atoms with Crippen LogP contribution < -0.4 is 19.7 Å². The molecule has 1 saturated heterocycles. The van der Waals surface area contributed by atoms with Crippen LogP contribution in [-0.4, -0.2) is 49.5 Å². The molecule has 7 heteroatoms. The minimum absolute atomic E-state index is 0.0521. The lowest BCUT2D eigenvalue weighted by Crippen LogP contribution is -2.48. The molecule has 7 nitrogen and oxygen atoms in total. The van der Waals surface area contributed by atoms with Gasteiger partial charge in [-0.15, -0.1) is 0 Å². The van der Waals surface area contributed by atoms with Gasteiger partial charge in [-0.25, -0.2) is 0 Å². The van der Waals surface area contributed by atoms with E-state index in [9.17, 15) is 4.79 Å². The summed E-state index contributed by atoms with van der Waals surface area (Å²) < 4.78 is 10.6. The van der Waals surface area contributed by atoms with E-state index in [1.807, 2.05) is 18.2 Å². The number of ether oxygens (including phenoxy) is 2. The summed E-state index contributed by atoms with van der Waals surface area (Å²) in [5.41, 5.74) is 2.64. The number of carbonyl (C=O) groups is 1. The molecule has 156 valence electrons. The lowest BCUT2D eigenvalue weighted by Gasteiger charge is -2.33. The van der Waals surface area contributed by atoms with E-state index >= 15 is 0 Å². The highest BCUT2D eigenvalue weighted by Gasteiger charge is 2.24. The van der Waals surface area contributed by atoms with Gasteiger partial charge in [0.15, 0.2) is 17.3 Å². The Morgan fingerprint density at radius 2 is 1.90 bits per heavy atom. The second-order valence-corrected chi connectivity index (χ2v) is 7.33. The second kappa shape index (κ2) is 8.90. The molecular formula is C23H26N4O3. The molecule has 0 radical (unpaired) electrons. The predicted molar refractivity (Wildman–Crippen MR) is 116 cm³/mol. The number of rotatable bonds is 6. The summed E-state index contributed by atoms with van der Waals surface area (Å²) in [6.45, 7) is 1.64. The number of piperidine rings is 1. The van der Waals surface area contributed by atoms with Crippen LogP contribution in [0, 0.1) is 0 Å². The van der Waals surface area contributed by atoms with Crippen molar-refractivity contribution in [3.05, 3.63) is 60.2 Å². The molecule has 30 heavy (non-hydrogen) atoms. The third kappa shape index (κ3) is 4.25. The van der Waals surface area contributed by atoms with Crippen LogP contribution in [0.2, 0.25) is 0 Å². The zero-order valence-electron chi connectivity index (χ0n) is 17.2. The highest BCUT2D eigenvalue weighted by atomic mass is 16.5. The third-order valence-corrected chi connectivity index (χ3v) is 5.38. The number of hydrogen-bond acceptors (Lipinski definition) is 5. The molecule has 0 spiro atoms. The highest BCUT2D eigenvalue weighted by Crippen LogP contribution is 2.28. The monoisotopic (exact) mass is 406 g/mol. The number of benzene rings is 2. The van der Waals surface area contributed by atoms with Gasteiger partial charge in [0.1, 0.15) is 0 Å². The zero-order valence-corrected chi connectivity index (χ0v) is 17.2. The van der Waals surface area contributed by atoms with E-state index in [1.165, 1.54) is 0 Å². The second-order valence-electron chi connectivity index (χ2n) is 7.33. The van der Waals surface area contributed by atoms with Crippen molar-refractivity contribution in [3.8, 4) is 22.8 Å². The number of aromatic nitrogens is 2. The first kappa shape index (κ1) is 19.8. The Kier molecular flexibility index (Phi) is 5.88. The van der Waals surface area contributed by atoms with Crippen LogP contribution in [0.3, 0.4) is 0 Å². The normalized spacial score (nSPS) is 16.2. The molecule has 3 aromatic rings. The number of aromatic amines is 1. The first-order valence-corrected chi connectivity index (χ1v) is 10.1. The fourth-order valence-electron chi connectivity index (χ4n) is 3.79. The highest BCUT2D eigenvalue weighted by molar-refractivity contribution is 5.95. The van der Waals surface area contributed by atoms with Gasteiger partial charge in [0, 0.05) is 30.8 Å². The molecule has 1 atom stereocenters. The molecule has 1 aliphatic heterocycles. The Morgan fingerprint density at radius 3 is 2.67 bits per heavy atom. The fraction of sp³-hybridized carbons (Fsp3) is 0.304. The smallest absolute Gasteiger partial charge is 0.251 e. The maximum absolute atomic E-state index is 12.8. The first-order chi connectivity index (χ1) is 14.7. The van der Waals surface area contributed by atoms with Gasteiger partial charge in [-0.2, -0.15) is 5.10 Å². The largest absolute Gasteiger partial charge is 0.493 e. The van der Waals surface area contributed by atoms with E-state index in [4.69, 9.17) is 9.47 Å². The van der Waals surface area contributed by atoms with Crippen LogP contribution in [0.1, 0.15) is 23.2 Å². The van der Waals surface area contributed by atoms with Gasteiger partial charge >= 0.3 is 0 Å². The molecule has 2 heterocycles. The standard InChI is InChI=1S/C23H26N4O3/c1-29-20-11-10-17(13-21(20)30-2)23(28)24-18-9-6-12-27(15-18)22-14-19(25-26-22)16-7-4-3-5-8-16/h3-5,7-8,10-11,13-14,18H,6,9,12,15H2,1-2H3,(H,24,28)(H,25,26)/t18-/m1/s1. The van der Waals surface area contributed by atoms with Crippen molar-refractivity contribution < 1.29 is 14.3 Å². The van der Waals surface area contributed by atoms with Crippen LogP contribution in [0.5, 0.6) is 11.5 Å². The minimum atomic E-state index is -0.116. The molecule has 1 amide bonds. The molecule has 4 rings (SSSR count). The van der Waals surface area contributed by atoms with Crippen molar-refractivity contribution in [2.24, 2.45) is 0 Å². The summed E-state index contributed by atoms with van der Waals surface area (Å²) in [5.74, 6) is 1.93. The molecular weight excluding hydrogens is 380 g/mol. The topological polar surface area (TPSA) is 79.5 Å². The molecule has 0 aliphatic carbocycles. The summed E-state index contributed by atoms with van der Waals surface area (Å²) in [5, 5.41) is 10.8. The Hall–Kier alpha value is -3.48. The van der Waals surface area contributed by atoms with E-state index in [0.717, 1.165) is 43.0 Å². The minimum Gasteiger partial charge on any atom is -0.493 e. The number of carbonyl (C=O) groups excluding carboxylic acids is 1. The van der Waals surface area contributed by atoms with Crippen molar-refractivity contribution in [2.75, 3.05) is 32.2 Å². The Morgan fingerprint density at radius 1 is 1.10 bits per heavy atom. The summed E-state index contributed by atoms with van der Waals surface area (Å²) in [6.07, 6.45) is 1.93. The van der Waals surface area contributed by atoms with Crippen molar-refractivity contribution in [1.29, 1.82) is 0 Å². The van der Waals surface area contributed by atoms with Crippen LogP contribution >= 0.6 is 0 Å². The Labute approximate surface area is 176 Å². The first-order valence-electron chi connectivity index (χ1n) is 10.1. The lowest BCUT2D eigenvalue weighted by molar-refractivity contribution is 0.0932. The molecule has 1 fully saturated rings. The number of H-pyrrole nitrogens is 1. The average molecular weight is 406 g/mol. The van der Waals surface area contributed by atoms with E-state index in [0.29, 0.717) is 17.1 Å². The third-order valence-electron chi connectivity index (χ3n) is 5.38. The van der Waals surface area contributed by atoms with Gasteiger partial charge in [-0.05, 0) is 36.6 Å². The van der Waals surface area contributed by atoms with Crippen LogP contribution in [-0.2, 0) is 0 Å². The summed E-state index contributed by atoms with van der Waals surface area (Å²) in [4.78, 5) is 15.0. The summed E-state index contributed by atoms with van der Waals surface area (Å²) in [7, 11) is 3.14. The van der Waals surface area contributed by atoms with Crippen LogP contribution in [0.15, 0.2) is 54.6 Å². The SMILES string of the molecule is COc1ccc(C(=O)N[C@@H]2CCCN(c3cc(-c4ccccc4)[nH]n3)C2)cc1OC. The van der Waals surface area contributed by atoms with Crippen molar-refractivity contribution in [3.63, 3.8) is 0 Å². The number of methoxy groups -OCH3 is 2. The maximum Gasteiger partial charge on any atom is 0.251 e. The molecule has 0 unspecified atom stereocenters. The summed E-state index contributed by atoms with van der Waals surface area (Å²) >= 11 is 0. The Bertz CT molecular complexity index is 1000. The molecule has 0 saturated carbocycles. The average Bonchev–Trinajstić information content (AvgIpc) is 3.30. The number of nitrogens with zero attached hydrogens (tertiary/aromatic N) is 2. The Balaban J connectivity index is 1.42. The van der Waals surface area contributed by atoms with Gasteiger partial charge < -0.3 is 19.7 Å². The van der Waals surface area contributed by atoms with Crippen LogP contribution in [0.4, 0.5) is 5.82 Å². The van der Waals surface area contributed by atoms with E-state index in [-0.39, 0.29) is 11.9 Å². The molecule has 2 N–H and O–H groups in total. The van der Waals surface area contributed by atoms with E-state index in [1.54, 1.807) is 32.4 Å². The quantitative estimate of drug-likeness (QED) is 0.655. The van der Waals surface area contributed by atoms with Crippen molar-refractivity contribution in [2.45, 2.75) is 18.9 Å². The number of nitrogens with one attached hydrogen (secondary N) is 2. The van der Waals surface area contributed by atoms with Gasteiger partial charge in [0.2, 0.25) is 0 Å². The van der Waals surface area contributed by atoms with E-state index in [2.05, 4.69) is 38.6 Å². The molecule has 1 aromatic heterocycles. The summed E-state index contributed by atoms with van der Waals surface area (Å²) in [6, 6.07) is 17.4. The van der Waals surface area contributed by atoms with Gasteiger partial charge in [0.05, 0.1) is 19.9 Å². The van der Waals surface area contributed by atoms with Gasteiger partial charge in [0.25, 0.3) is 5.91 Å². The lowest BCUT2D eigenvalue weighted by atomic mass is 10.0. The van der Waals surface area contributed by atoms with Crippen molar-refractivity contribution in [1.82, 2.24) is 15.5 Å². The zero-order chi connectivity index (χ0) is 20.9. The van der Waals surface area contributed by atoms with E-state index < -0.39 is 0 Å². The number of hydrogen-bond donors (Lipinski definition) is 2. The number of amides is 1.